The summed E-state index contributed by atoms with van der Waals surface area (Å²) in [4.78, 5) is 29.0. The molecule has 2 amide bonds. The number of para-hydroxylation sites is 1. The van der Waals surface area contributed by atoms with Gasteiger partial charge >= 0.3 is 0 Å². The Morgan fingerprint density at radius 1 is 0.927 bits per heavy atom. The summed E-state index contributed by atoms with van der Waals surface area (Å²) in [6.45, 7) is 6.02. The van der Waals surface area contributed by atoms with Crippen LogP contribution in [0.2, 0.25) is 0 Å². The predicted octanol–water partition coefficient (Wildman–Crippen LogP) is 5.24. The molecule has 0 heterocycles. The number of carbonyl (C=O) groups excluding carboxylic acids is 2. The molecule has 3 aromatic rings. The summed E-state index contributed by atoms with van der Waals surface area (Å²) < 4.78 is 40.5. The fraction of sp³-hybridized carbons (Fsp3) is 0.375. The molecule has 7 nitrogen and oxygen atoms in total. The number of sulfonamides is 1. The van der Waals surface area contributed by atoms with Gasteiger partial charge in [0, 0.05) is 32.0 Å². The summed E-state index contributed by atoms with van der Waals surface area (Å²) in [6, 6.07) is 22.1. The van der Waals surface area contributed by atoms with Crippen LogP contribution in [0.15, 0.2) is 78.9 Å². The molecule has 0 spiro atoms. The summed E-state index contributed by atoms with van der Waals surface area (Å²) in [5, 5.41) is 3.04. The first-order valence-electron chi connectivity index (χ1n) is 13.9. The Morgan fingerprint density at radius 2 is 1.56 bits per heavy atom. The van der Waals surface area contributed by atoms with Gasteiger partial charge in [-0.05, 0) is 49.9 Å². The fourth-order valence-electron chi connectivity index (χ4n) is 4.52. The minimum Gasteiger partial charge on any atom is -0.352 e. The maximum atomic E-state index is 14.5. The van der Waals surface area contributed by atoms with Crippen molar-refractivity contribution in [2.75, 3.05) is 17.1 Å². The second-order valence-corrected chi connectivity index (χ2v) is 12.3. The van der Waals surface area contributed by atoms with Gasteiger partial charge in [-0.25, -0.2) is 12.8 Å². The molecule has 1 N–H and O–H groups in total. The first kappa shape index (κ1) is 31.8. The number of nitrogens with one attached hydrogen (secondary N) is 1. The maximum Gasteiger partial charge on any atom is 0.243 e. The molecule has 0 unspecified atom stereocenters. The lowest BCUT2D eigenvalue weighted by molar-refractivity contribution is -0.141. The molecule has 0 saturated carbocycles. The van der Waals surface area contributed by atoms with Crippen LogP contribution in [0, 0.1) is 12.7 Å². The molecule has 0 bridgehead atoms. The summed E-state index contributed by atoms with van der Waals surface area (Å²) in [6.07, 6.45) is 2.21. The zero-order chi connectivity index (χ0) is 30.0. The Balaban J connectivity index is 1.89. The first-order chi connectivity index (χ1) is 19.5. The van der Waals surface area contributed by atoms with E-state index in [4.69, 9.17) is 0 Å². The number of hydrogen-bond acceptors (Lipinski definition) is 4. The number of hydrogen-bond donors (Lipinski definition) is 1. The molecule has 3 rings (SSSR count). The molecule has 9 heteroatoms. The highest BCUT2D eigenvalue weighted by Gasteiger charge is 2.31. The van der Waals surface area contributed by atoms with Gasteiger partial charge < -0.3 is 10.2 Å². The number of halogens is 1. The van der Waals surface area contributed by atoms with E-state index >= 15 is 0 Å². The first-order valence-corrected chi connectivity index (χ1v) is 15.8. The van der Waals surface area contributed by atoms with E-state index in [1.165, 1.54) is 18.2 Å². The Hall–Kier alpha value is -3.72. The van der Waals surface area contributed by atoms with Crippen LogP contribution < -0.4 is 9.62 Å². The second kappa shape index (κ2) is 14.8. The van der Waals surface area contributed by atoms with E-state index in [0.717, 1.165) is 33.7 Å². The minimum atomic E-state index is -3.79. The highest BCUT2D eigenvalue weighted by molar-refractivity contribution is 7.92. The normalized spacial score (nSPS) is 12.8. The molecule has 41 heavy (non-hydrogen) atoms. The van der Waals surface area contributed by atoms with Gasteiger partial charge in [0.1, 0.15) is 11.9 Å². The third kappa shape index (κ3) is 9.42. The molecule has 0 fully saturated rings. The van der Waals surface area contributed by atoms with Gasteiger partial charge in [-0.15, -0.1) is 0 Å². The topological polar surface area (TPSA) is 86.8 Å². The average molecular weight is 582 g/mol. The molecule has 0 aromatic heterocycles. The van der Waals surface area contributed by atoms with Crippen molar-refractivity contribution in [1.29, 1.82) is 0 Å². The second-order valence-electron chi connectivity index (χ2n) is 10.4. The molecule has 2 atom stereocenters. The van der Waals surface area contributed by atoms with Crippen molar-refractivity contribution in [3.8, 4) is 0 Å². The Bertz CT molecular complexity index is 1400. The van der Waals surface area contributed by atoms with Crippen molar-refractivity contribution >= 4 is 27.5 Å². The van der Waals surface area contributed by atoms with Crippen molar-refractivity contribution in [1.82, 2.24) is 10.2 Å². The van der Waals surface area contributed by atoms with Crippen LogP contribution in [-0.2, 0) is 32.6 Å². The largest absolute Gasteiger partial charge is 0.352 e. The predicted molar refractivity (Wildman–Crippen MR) is 161 cm³/mol. The molecule has 0 aliphatic rings. The number of rotatable bonds is 14. The van der Waals surface area contributed by atoms with Crippen LogP contribution >= 0.6 is 0 Å². The Kier molecular flexibility index (Phi) is 11.5. The summed E-state index contributed by atoms with van der Waals surface area (Å²) in [5.41, 5.74) is 2.81. The molecular formula is C32H40FN3O4S. The van der Waals surface area contributed by atoms with Crippen LogP contribution in [-0.4, -0.2) is 50.0 Å². The summed E-state index contributed by atoms with van der Waals surface area (Å²) in [7, 11) is -3.79. The molecule has 0 aliphatic heterocycles. The quantitative estimate of drug-likeness (QED) is 0.282. The van der Waals surface area contributed by atoms with E-state index in [9.17, 15) is 22.4 Å². The highest BCUT2D eigenvalue weighted by atomic mass is 32.2. The third-order valence-electron chi connectivity index (χ3n) is 7.02. The van der Waals surface area contributed by atoms with Crippen molar-refractivity contribution in [3.63, 3.8) is 0 Å². The number of benzene rings is 3. The molecule has 0 radical (unpaired) electrons. The number of anilines is 1. The van der Waals surface area contributed by atoms with Gasteiger partial charge in [-0.3, -0.25) is 13.9 Å². The number of nitrogens with zero attached hydrogens (tertiary/aromatic N) is 2. The molecule has 3 aromatic carbocycles. The standard InChI is InChI=1S/C32H40FN3O4S/c1-5-25(3)34-32(38)30(22-26-12-7-6-8-13-26)35(23-27-19-17-24(2)18-20-27)31(37)16-11-21-36(41(4,39)40)29-15-10-9-14-28(29)33/h6-10,12-15,17-20,25,30H,5,11,16,21-23H2,1-4H3,(H,34,38)/t25-,30-/m0/s1. The van der Waals surface area contributed by atoms with E-state index < -0.39 is 21.9 Å². The van der Waals surface area contributed by atoms with E-state index in [0.29, 0.717) is 6.42 Å². The molecule has 0 aliphatic carbocycles. The van der Waals surface area contributed by atoms with Gasteiger partial charge in [0.25, 0.3) is 0 Å². The van der Waals surface area contributed by atoms with Gasteiger partial charge in [0.15, 0.2) is 0 Å². The van der Waals surface area contributed by atoms with Gasteiger partial charge in [0.2, 0.25) is 21.8 Å². The van der Waals surface area contributed by atoms with Crippen LogP contribution in [0.4, 0.5) is 10.1 Å². The lowest BCUT2D eigenvalue weighted by atomic mass is 10.0. The van der Waals surface area contributed by atoms with Crippen molar-refractivity contribution in [2.45, 2.75) is 65.1 Å². The molecule has 220 valence electrons. The fourth-order valence-corrected chi connectivity index (χ4v) is 5.49. The minimum absolute atomic E-state index is 0.0196. The average Bonchev–Trinajstić information content (AvgIpc) is 2.94. The zero-order valence-corrected chi connectivity index (χ0v) is 25.0. The van der Waals surface area contributed by atoms with Crippen molar-refractivity contribution < 1.29 is 22.4 Å². The van der Waals surface area contributed by atoms with Crippen LogP contribution in [0.3, 0.4) is 0 Å². The maximum absolute atomic E-state index is 14.5. The van der Waals surface area contributed by atoms with Crippen LogP contribution in [0.5, 0.6) is 0 Å². The summed E-state index contributed by atoms with van der Waals surface area (Å²) in [5.74, 6) is -1.18. The highest BCUT2D eigenvalue weighted by Crippen LogP contribution is 2.23. The third-order valence-corrected chi connectivity index (χ3v) is 8.20. The van der Waals surface area contributed by atoms with Gasteiger partial charge in [0.05, 0.1) is 11.9 Å². The Labute approximate surface area is 243 Å². The van der Waals surface area contributed by atoms with Crippen molar-refractivity contribution in [2.24, 2.45) is 0 Å². The lowest BCUT2D eigenvalue weighted by Gasteiger charge is -2.32. The smallest absolute Gasteiger partial charge is 0.243 e. The van der Waals surface area contributed by atoms with E-state index in [-0.39, 0.29) is 49.5 Å². The summed E-state index contributed by atoms with van der Waals surface area (Å²) >= 11 is 0. The zero-order valence-electron chi connectivity index (χ0n) is 24.2. The van der Waals surface area contributed by atoms with Gasteiger partial charge in [-0.2, -0.15) is 0 Å². The number of amides is 2. The lowest BCUT2D eigenvalue weighted by Crippen LogP contribution is -2.52. The number of carbonyl (C=O) groups is 2. The van der Waals surface area contributed by atoms with Crippen molar-refractivity contribution in [3.05, 3.63) is 101 Å². The molecule has 0 saturated heterocycles. The SMILES string of the molecule is CC[C@H](C)NC(=O)[C@H](Cc1ccccc1)N(Cc1ccc(C)cc1)C(=O)CCCN(c1ccccc1F)S(C)(=O)=O. The van der Waals surface area contributed by atoms with E-state index in [1.54, 1.807) is 11.0 Å². The Morgan fingerprint density at radius 3 is 2.17 bits per heavy atom. The van der Waals surface area contributed by atoms with E-state index in [1.807, 2.05) is 75.4 Å². The van der Waals surface area contributed by atoms with E-state index in [2.05, 4.69) is 5.32 Å². The molecular weight excluding hydrogens is 541 g/mol. The van der Waals surface area contributed by atoms with Crippen LogP contribution in [0.1, 0.15) is 49.8 Å². The monoisotopic (exact) mass is 581 g/mol. The van der Waals surface area contributed by atoms with Gasteiger partial charge in [-0.1, -0.05) is 79.2 Å². The number of aryl methyl sites for hydroxylation is 1. The van der Waals surface area contributed by atoms with Crippen LogP contribution in [0.25, 0.3) is 0 Å².